The van der Waals surface area contributed by atoms with Gasteiger partial charge in [-0.2, -0.15) is 0 Å². The monoisotopic (exact) mass is 393 g/mol. The molecule has 2 aromatic heterocycles. The number of ketones is 1. The van der Waals surface area contributed by atoms with Crippen LogP contribution >= 0.6 is 0 Å². The molecule has 0 saturated carbocycles. The number of nitrogens with zero attached hydrogens (tertiary/aromatic N) is 5. The zero-order valence-corrected chi connectivity index (χ0v) is 16.3. The van der Waals surface area contributed by atoms with Crippen molar-refractivity contribution in [2.75, 3.05) is 13.1 Å². The molecular formula is C21H23N5O3. The molecule has 0 aliphatic carbocycles. The molecule has 29 heavy (non-hydrogen) atoms. The number of amides is 1. The fourth-order valence-electron chi connectivity index (χ4n) is 3.63. The van der Waals surface area contributed by atoms with Crippen LogP contribution in [-0.4, -0.2) is 49.4 Å². The highest BCUT2D eigenvalue weighted by molar-refractivity contribution is 5.95. The van der Waals surface area contributed by atoms with E-state index < -0.39 is 0 Å². The first kappa shape index (κ1) is 19.0. The summed E-state index contributed by atoms with van der Waals surface area (Å²) in [7, 11) is 1.81. The van der Waals surface area contributed by atoms with E-state index in [0.717, 1.165) is 18.4 Å². The number of aromatic nitrogens is 4. The van der Waals surface area contributed by atoms with Crippen LogP contribution in [0, 0.1) is 5.92 Å². The maximum Gasteiger partial charge on any atom is 0.247 e. The van der Waals surface area contributed by atoms with E-state index in [0.29, 0.717) is 37.1 Å². The zero-order valence-electron chi connectivity index (χ0n) is 16.3. The van der Waals surface area contributed by atoms with Crippen molar-refractivity contribution in [2.45, 2.75) is 25.7 Å². The molecule has 3 heterocycles. The molecule has 8 heteroatoms. The minimum Gasteiger partial charge on any atom is -0.421 e. The molecule has 1 aliphatic rings. The molecule has 0 radical (unpaired) electrons. The van der Waals surface area contributed by atoms with E-state index in [1.54, 1.807) is 28.9 Å². The highest BCUT2D eigenvalue weighted by atomic mass is 16.4. The van der Waals surface area contributed by atoms with Gasteiger partial charge in [0.2, 0.25) is 23.5 Å². The Morgan fingerprint density at radius 1 is 1.21 bits per heavy atom. The van der Waals surface area contributed by atoms with Gasteiger partial charge in [-0.05, 0) is 25.0 Å². The molecule has 1 fully saturated rings. The number of aryl methyl sites for hydroxylation is 2. The lowest BCUT2D eigenvalue weighted by atomic mass is 9.93. The van der Waals surface area contributed by atoms with Gasteiger partial charge >= 0.3 is 0 Å². The summed E-state index contributed by atoms with van der Waals surface area (Å²) in [5.41, 5.74) is 0.851. The van der Waals surface area contributed by atoms with Crippen molar-refractivity contribution in [3.63, 3.8) is 0 Å². The summed E-state index contributed by atoms with van der Waals surface area (Å²) in [6.07, 6.45) is 5.62. The molecule has 1 aliphatic heterocycles. The van der Waals surface area contributed by atoms with Crippen LogP contribution in [0.3, 0.4) is 0 Å². The first-order chi connectivity index (χ1) is 14.1. The number of piperidine rings is 1. The maximum atomic E-state index is 12.7. The van der Waals surface area contributed by atoms with Gasteiger partial charge in [-0.15, -0.1) is 10.2 Å². The number of Topliss-reactive ketones (excluding diaryl/α,β-unsaturated/α-hetero) is 1. The lowest BCUT2D eigenvalue weighted by Crippen LogP contribution is -2.42. The van der Waals surface area contributed by atoms with Gasteiger partial charge in [-0.1, -0.05) is 18.2 Å². The Hall–Kier alpha value is -3.29. The molecule has 4 rings (SSSR count). The van der Waals surface area contributed by atoms with E-state index in [1.165, 1.54) is 0 Å². The largest absolute Gasteiger partial charge is 0.421 e. The van der Waals surface area contributed by atoms with Crippen LogP contribution in [0.15, 0.2) is 47.1 Å². The Morgan fingerprint density at radius 3 is 2.79 bits per heavy atom. The molecule has 1 amide bonds. The Morgan fingerprint density at radius 2 is 2.03 bits per heavy atom. The second-order valence-electron chi connectivity index (χ2n) is 7.27. The van der Waals surface area contributed by atoms with E-state index in [9.17, 15) is 9.59 Å². The van der Waals surface area contributed by atoms with Crippen molar-refractivity contribution in [1.29, 1.82) is 0 Å². The van der Waals surface area contributed by atoms with Crippen LogP contribution in [0.4, 0.5) is 0 Å². The first-order valence-corrected chi connectivity index (χ1v) is 9.79. The summed E-state index contributed by atoms with van der Waals surface area (Å²) in [5, 5.41) is 8.10. The second kappa shape index (κ2) is 8.38. The van der Waals surface area contributed by atoms with Gasteiger partial charge in [-0.3, -0.25) is 9.59 Å². The molecule has 0 N–H and O–H groups in total. The fourth-order valence-corrected chi connectivity index (χ4v) is 3.63. The van der Waals surface area contributed by atoms with E-state index >= 15 is 0 Å². The second-order valence-corrected chi connectivity index (χ2v) is 7.27. The van der Waals surface area contributed by atoms with Gasteiger partial charge in [0.1, 0.15) is 0 Å². The van der Waals surface area contributed by atoms with Gasteiger partial charge in [0, 0.05) is 56.9 Å². The highest BCUT2D eigenvalue weighted by Gasteiger charge is 2.30. The van der Waals surface area contributed by atoms with E-state index in [4.69, 9.17) is 4.42 Å². The minimum atomic E-state index is -0.207. The molecule has 8 nitrogen and oxygen atoms in total. The Kier molecular flexibility index (Phi) is 5.50. The van der Waals surface area contributed by atoms with Gasteiger partial charge in [0.05, 0.1) is 0 Å². The summed E-state index contributed by atoms with van der Waals surface area (Å²) < 4.78 is 7.40. The summed E-state index contributed by atoms with van der Waals surface area (Å²) in [5.74, 6) is 1.13. The third-order valence-electron chi connectivity index (χ3n) is 5.23. The molecule has 3 aromatic rings. The summed E-state index contributed by atoms with van der Waals surface area (Å²) >= 11 is 0. The predicted molar refractivity (Wildman–Crippen MR) is 105 cm³/mol. The summed E-state index contributed by atoms with van der Waals surface area (Å²) in [4.78, 5) is 31.3. The van der Waals surface area contributed by atoms with Crippen molar-refractivity contribution in [3.8, 4) is 11.5 Å². The molecule has 0 unspecified atom stereocenters. The molecule has 150 valence electrons. The molecule has 0 spiro atoms. The third kappa shape index (κ3) is 4.26. The van der Waals surface area contributed by atoms with Crippen LogP contribution in [0.2, 0.25) is 0 Å². The van der Waals surface area contributed by atoms with Gasteiger partial charge in [0.25, 0.3) is 0 Å². The Bertz CT molecular complexity index is 995. The van der Waals surface area contributed by atoms with E-state index in [2.05, 4.69) is 15.2 Å². The molecule has 1 atom stereocenters. The maximum absolute atomic E-state index is 12.7. The SMILES string of the molecule is Cn1ccnc1C(=O)[C@H]1CCCN(C(=O)CCc2nnc(-c3ccccc3)o2)C1. The van der Waals surface area contributed by atoms with Crippen LogP contribution in [-0.2, 0) is 18.3 Å². The van der Waals surface area contributed by atoms with Crippen LogP contribution < -0.4 is 0 Å². The number of hydrogen-bond donors (Lipinski definition) is 0. The molecular weight excluding hydrogens is 370 g/mol. The quantitative estimate of drug-likeness (QED) is 0.598. The number of carbonyl (C=O) groups is 2. The fraction of sp³-hybridized carbons (Fsp3) is 0.381. The molecule has 1 aromatic carbocycles. The van der Waals surface area contributed by atoms with E-state index in [1.807, 2.05) is 30.3 Å². The normalized spacial score (nSPS) is 16.7. The third-order valence-corrected chi connectivity index (χ3v) is 5.23. The first-order valence-electron chi connectivity index (χ1n) is 9.79. The van der Waals surface area contributed by atoms with E-state index in [-0.39, 0.29) is 24.0 Å². The Labute approximate surface area is 168 Å². The smallest absolute Gasteiger partial charge is 0.247 e. The number of likely N-dealkylation sites (tertiary alicyclic amines) is 1. The summed E-state index contributed by atoms with van der Waals surface area (Å²) in [6, 6.07) is 9.53. The predicted octanol–water partition coefficient (Wildman–Crippen LogP) is 2.52. The average molecular weight is 393 g/mol. The van der Waals surface area contributed by atoms with Crippen molar-refractivity contribution in [3.05, 3.63) is 54.4 Å². The summed E-state index contributed by atoms with van der Waals surface area (Å²) in [6.45, 7) is 1.10. The zero-order chi connectivity index (χ0) is 20.2. The van der Waals surface area contributed by atoms with Crippen molar-refractivity contribution >= 4 is 11.7 Å². The van der Waals surface area contributed by atoms with Crippen molar-refractivity contribution in [2.24, 2.45) is 13.0 Å². The van der Waals surface area contributed by atoms with Crippen LogP contribution in [0.25, 0.3) is 11.5 Å². The van der Waals surface area contributed by atoms with Crippen molar-refractivity contribution < 1.29 is 14.0 Å². The number of benzene rings is 1. The molecule has 1 saturated heterocycles. The average Bonchev–Trinajstić information content (AvgIpc) is 3.41. The topological polar surface area (TPSA) is 94.1 Å². The number of carbonyl (C=O) groups excluding carboxylic acids is 2. The van der Waals surface area contributed by atoms with Gasteiger partial charge in [0.15, 0.2) is 5.82 Å². The Balaban J connectivity index is 1.33. The molecule has 0 bridgehead atoms. The highest BCUT2D eigenvalue weighted by Crippen LogP contribution is 2.22. The van der Waals surface area contributed by atoms with Gasteiger partial charge in [-0.25, -0.2) is 4.98 Å². The number of imidazole rings is 1. The van der Waals surface area contributed by atoms with Crippen molar-refractivity contribution in [1.82, 2.24) is 24.6 Å². The van der Waals surface area contributed by atoms with Crippen LogP contribution in [0.1, 0.15) is 35.8 Å². The van der Waals surface area contributed by atoms with Gasteiger partial charge < -0.3 is 13.9 Å². The minimum absolute atomic E-state index is 0.000552. The lowest BCUT2D eigenvalue weighted by Gasteiger charge is -2.31. The lowest BCUT2D eigenvalue weighted by molar-refractivity contribution is -0.132. The standard InChI is InChI=1S/C21H23N5O3/c1-25-13-11-22-20(25)19(28)16-8-5-12-26(14-16)18(27)10-9-17-23-24-21(29-17)15-6-3-2-4-7-15/h2-4,6-7,11,13,16H,5,8-10,12,14H2,1H3/t16-/m0/s1. The van der Waals surface area contributed by atoms with Crippen LogP contribution in [0.5, 0.6) is 0 Å². The number of hydrogen-bond acceptors (Lipinski definition) is 6. The number of rotatable bonds is 6.